The van der Waals surface area contributed by atoms with Gasteiger partial charge in [-0.2, -0.15) is 0 Å². The van der Waals surface area contributed by atoms with E-state index in [0.29, 0.717) is 5.02 Å². The molecule has 0 aromatic heterocycles. The maximum absolute atomic E-state index is 7.61. The van der Waals surface area contributed by atoms with Crippen molar-refractivity contribution in [2.75, 3.05) is 18.0 Å². The van der Waals surface area contributed by atoms with E-state index in [1.165, 1.54) is 12.8 Å². The molecular formula is C13H18ClN3. The Kier molecular flexibility index (Phi) is 3.57. The summed E-state index contributed by atoms with van der Waals surface area (Å²) in [6.45, 7) is 4.29. The van der Waals surface area contributed by atoms with Crippen LogP contribution in [-0.2, 0) is 0 Å². The minimum absolute atomic E-state index is 0.108. The van der Waals surface area contributed by atoms with Crippen molar-refractivity contribution in [2.45, 2.75) is 19.8 Å². The second-order valence-corrected chi connectivity index (χ2v) is 5.02. The van der Waals surface area contributed by atoms with Gasteiger partial charge in [0.05, 0.1) is 0 Å². The molecule has 1 aliphatic rings. The Balaban J connectivity index is 2.31. The number of nitrogens with one attached hydrogen (secondary N) is 1. The van der Waals surface area contributed by atoms with Crippen LogP contribution in [0.3, 0.4) is 0 Å². The van der Waals surface area contributed by atoms with Gasteiger partial charge in [-0.15, -0.1) is 0 Å². The van der Waals surface area contributed by atoms with Crippen molar-refractivity contribution in [3.05, 3.63) is 28.8 Å². The number of halogens is 1. The minimum atomic E-state index is 0.108. The van der Waals surface area contributed by atoms with Gasteiger partial charge in [-0.3, -0.25) is 5.41 Å². The Bertz CT molecular complexity index is 431. The molecule has 1 aliphatic heterocycles. The van der Waals surface area contributed by atoms with E-state index < -0.39 is 0 Å². The Morgan fingerprint density at radius 3 is 2.94 bits per heavy atom. The van der Waals surface area contributed by atoms with Crippen LogP contribution in [0.5, 0.6) is 0 Å². The van der Waals surface area contributed by atoms with Gasteiger partial charge in [0.15, 0.2) is 0 Å². The van der Waals surface area contributed by atoms with Crippen LogP contribution < -0.4 is 10.6 Å². The number of nitrogens with zero attached hydrogens (tertiary/aromatic N) is 1. The van der Waals surface area contributed by atoms with Gasteiger partial charge in [0.25, 0.3) is 0 Å². The molecule has 0 aliphatic carbocycles. The van der Waals surface area contributed by atoms with E-state index in [1.54, 1.807) is 6.07 Å². The van der Waals surface area contributed by atoms with Crippen molar-refractivity contribution >= 4 is 23.1 Å². The van der Waals surface area contributed by atoms with Gasteiger partial charge in [0.2, 0.25) is 0 Å². The van der Waals surface area contributed by atoms with E-state index >= 15 is 0 Å². The lowest BCUT2D eigenvalue weighted by molar-refractivity contribution is 0.569. The molecule has 92 valence electrons. The summed E-state index contributed by atoms with van der Waals surface area (Å²) in [5.74, 6) is 0.852. The summed E-state index contributed by atoms with van der Waals surface area (Å²) < 4.78 is 0. The zero-order chi connectivity index (χ0) is 12.4. The molecule has 0 saturated carbocycles. The summed E-state index contributed by atoms with van der Waals surface area (Å²) in [5.41, 5.74) is 7.40. The van der Waals surface area contributed by atoms with Crippen molar-refractivity contribution in [3.63, 3.8) is 0 Å². The summed E-state index contributed by atoms with van der Waals surface area (Å²) in [7, 11) is 0. The molecule has 1 heterocycles. The first-order chi connectivity index (χ1) is 8.11. The molecule has 1 aromatic rings. The summed E-state index contributed by atoms with van der Waals surface area (Å²) in [6, 6.07) is 5.53. The van der Waals surface area contributed by atoms with Gasteiger partial charge >= 0.3 is 0 Å². The highest BCUT2D eigenvalue weighted by atomic mass is 35.5. The molecule has 2 rings (SSSR count). The molecule has 3 nitrogen and oxygen atoms in total. The summed E-state index contributed by atoms with van der Waals surface area (Å²) in [4.78, 5) is 2.29. The Hall–Kier alpha value is -1.22. The van der Waals surface area contributed by atoms with Crippen LogP contribution in [0.4, 0.5) is 5.69 Å². The third-order valence-corrected chi connectivity index (χ3v) is 3.69. The lowest BCUT2D eigenvalue weighted by atomic mass is 10.1. The van der Waals surface area contributed by atoms with Crippen LogP contribution in [0.2, 0.25) is 5.02 Å². The molecule has 3 N–H and O–H groups in total. The second kappa shape index (κ2) is 4.96. The average Bonchev–Trinajstić information content (AvgIpc) is 2.76. The molecule has 1 aromatic carbocycles. The van der Waals surface area contributed by atoms with Gasteiger partial charge < -0.3 is 10.6 Å². The number of rotatable bonds is 3. The topological polar surface area (TPSA) is 53.1 Å². The van der Waals surface area contributed by atoms with Crippen LogP contribution in [-0.4, -0.2) is 18.9 Å². The van der Waals surface area contributed by atoms with Crippen molar-refractivity contribution in [2.24, 2.45) is 11.7 Å². The van der Waals surface area contributed by atoms with Gasteiger partial charge in [0, 0.05) is 29.4 Å². The van der Waals surface area contributed by atoms with Gasteiger partial charge in [0.1, 0.15) is 5.84 Å². The fraction of sp³-hybridized carbons (Fsp3) is 0.462. The highest BCUT2D eigenvalue weighted by Crippen LogP contribution is 2.30. The fourth-order valence-corrected chi connectivity index (χ4v) is 2.55. The van der Waals surface area contributed by atoms with E-state index in [4.69, 9.17) is 22.7 Å². The molecule has 17 heavy (non-hydrogen) atoms. The SMILES string of the molecule is CCC1CCN(c2cc(Cl)ccc2C(=N)N)C1. The van der Waals surface area contributed by atoms with Crippen LogP contribution in [0, 0.1) is 11.3 Å². The molecule has 0 spiro atoms. The van der Waals surface area contributed by atoms with Gasteiger partial charge in [-0.05, 0) is 30.5 Å². The molecular weight excluding hydrogens is 234 g/mol. The standard InChI is InChI=1S/C13H18ClN3/c1-2-9-5-6-17(8-9)12-7-10(14)3-4-11(12)13(15)16/h3-4,7,9H,2,5-6,8H2,1H3,(H3,15,16). The number of hydrogen-bond donors (Lipinski definition) is 2. The molecule has 1 unspecified atom stereocenters. The molecule has 1 atom stereocenters. The van der Waals surface area contributed by atoms with Crippen LogP contribution >= 0.6 is 11.6 Å². The molecule has 0 bridgehead atoms. The minimum Gasteiger partial charge on any atom is -0.384 e. The molecule has 1 saturated heterocycles. The van der Waals surface area contributed by atoms with E-state index in [9.17, 15) is 0 Å². The largest absolute Gasteiger partial charge is 0.384 e. The average molecular weight is 252 g/mol. The van der Waals surface area contributed by atoms with E-state index in [-0.39, 0.29) is 5.84 Å². The molecule has 4 heteroatoms. The van der Waals surface area contributed by atoms with Crippen molar-refractivity contribution in [1.82, 2.24) is 0 Å². The third kappa shape index (κ3) is 2.55. The van der Waals surface area contributed by atoms with Crippen LogP contribution in [0.15, 0.2) is 18.2 Å². The van der Waals surface area contributed by atoms with Crippen LogP contribution in [0.1, 0.15) is 25.3 Å². The number of nitrogens with two attached hydrogens (primary N) is 1. The van der Waals surface area contributed by atoms with Gasteiger partial charge in [-0.25, -0.2) is 0 Å². The lowest BCUT2D eigenvalue weighted by Gasteiger charge is -2.22. The predicted molar refractivity (Wildman–Crippen MR) is 73.1 cm³/mol. The van der Waals surface area contributed by atoms with Gasteiger partial charge in [-0.1, -0.05) is 24.9 Å². The first kappa shape index (κ1) is 12.2. The normalized spacial score (nSPS) is 19.6. The number of amidine groups is 1. The highest BCUT2D eigenvalue weighted by molar-refractivity contribution is 6.31. The van der Waals surface area contributed by atoms with Crippen molar-refractivity contribution < 1.29 is 0 Å². The molecule has 1 fully saturated rings. The maximum atomic E-state index is 7.61. The van der Waals surface area contributed by atoms with Crippen molar-refractivity contribution in [1.29, 1.82) is 5.41 Å². The quantitative estimate of drug-likeness (QED) is 0.641. The third-order valence-electron chi connectivity index (χ3n) is 3.45. The number of benzene rings is 1. The van der Waals surface area contributed by atoms with E-state index in [2.05, 4.69) is 11.8 Å². The number of hydrogen-bond acceptors (Lipinski definition) is 2. The fourth-order valence-electron chi connectivity index (χ4n) is 2.38. The van der Waals surface area contributed by atoms with E-state index in [0.717, 1.165) is 30.3 Å². The Morgan fingerprint density at radius 2 is 2.35 bits per heavy atom. The number of nitrogen functional groups attached to an aromatic ring is 1. The number of anilines is 1. The summed E-state index contributed by atoms with van der Waals surface area (Å²) in [6.07, 6.45) is 2.41. The summed E-state index contributed by atoms with van der Waals surface area (Å²) in [5, 5.41) is 8.31. The highest BCUT2D eigenvalue weighted by Gasteiger charge is 2.23. The molecule has 0 radical (unpaired) electrons. The lowest BCUT2D eigenvalue weighted by Crippen LogP contribution is -2.24. The van der Waals surface area contributed by atoms with E-state index in [1.807, 2.05) is 12.1 Å². The Labute approximate surface area is 107 Å². The van der Waals surface area contributed by atoms with Crippen molar-refractivity contribution in [3.8, 4) is 0 Å². The Morgan fingerprint density at radius 1 is 1.59 bits per heavy atom. The molecule has 0 amide bonds. The predicted octanol–water partition coefficient (Wildman–Crippen LogP) is 2.86. The second-order valence-electron chi connectivity index (χ2n) is 4.58. The first-order valence-corrected chi connectivity index (χ1v) is 6.38. The monoisotopic (exact) mass is 251 g/mol. The summed E-state index contributed by atoms with van der Waals surface area (Å²) >= 11 is 6.03. The zero-order valence-corrected chi connectivity index (χ0v) is 10.8. The zero-order valence-electron chi connectivity index (χ0n) is 10.0. The maximum Gasteiger partial charge on any atom is 0.124 e. The first-order valence-electron chi connectivity index (χ1n) is 6.00. The van der Waals surface area contributed by atoms with Crippen LogP contribution in [0.25, 0.3) is 0 Å². The smallest absolute Gasteiger partial charge is 0.124 e.